The van der Waals surface area contributed by atoms with Crippen LogP contribution >= 0.6 is 11.3 Å². The van der Waals surface area contributed by atoms with Crippen molar-refractivity contribution in [3.05, 3.63) is 82.3 Å². The number of hydrogen-bond donors (Lipinski definition) is 3. The van der Waals surface area contributed by atoms with Gasteiger partial charge in [-0.25, -0.2) is 15.8 Å². The lowest BCUT2D eigenvalue weighted by Gasteiger charge is -2.12. The molecule has 7 heteroatoms. The van der Waals surface area contributed by atoms with Gasteiger partial charge in [-0.15, -0.1) is 11.3 Å². The van der Waals surface area contributed by atoms with Gasteiger partial charge in [-0.1, -0.05) is 30.3 Å². The first-order chi connectivity index (χ1) is 15.2. The summed E-state index contributed by atoms with van der Waals surface area (Å²) in [4.78, 5) is 18.7. The quantitative estimate of drug-likeness (QED) is 0.432. The average molecular weight is 432 g/mol. The molecule has 3 N–H and O–H groups in total. The van der Waals surface area contributed by atoms with E-state index in [-0.39, 0.29) is 18.0 Å². The third kappa shape index (κ3) is 4.25. The number of nitrogens with zero attached hydrogens (tertiary/aromatic N) is 2. The Morgan fingerprint density at radius 1 is 1.13 bits per heavy atom. The van der Waals surface area contributed by atoms with Crippen molar-refractivity contribution < 1.29 is 4.79 Å². The van der Waals surface area contributed by atoms with Crippen molar-refractivity contribution >= 4 is 34.0 Å². The van der Waals surface area contributed by atoms with E-state index in [9.17, 15) is 4.79 Å². The number of hydrazine groups is 1. The van der Waals surface area contributed by atoms with Crippen LogP contribution in [0.15, 0.2) is 66.0 Å². The smallest absolute Gasteiger partial charge is 0.242 e. The van der Waals surface area contributed by atoms with E-state index < -0.39 is 0 Å². The molecule has 1 aliphatic heterocycles. The molecule has 2 aromatic carbocycles. The summed E-state index contributed by atoms with van der Waals surface area (Å²) in [6.45, 7) is 0. The summed E-state index contributed by atoms with van der Waals surface area (Å²) < 4.78 is 2.16. The first-order valence-electron chi connectivity index (χ1n) is 10.5. The summed E-state index contributed by atoms with van der Waals surface area (Å²) >= 11 is 1.70. The fourth-order valence-corrected chi connectivity index (χ4v) is 4.90. The lowest BCUT2D eigenvalue weighted by molar-refractivity contribution is -0.117. The fraction of sp³-hybridized carbons (Fsp3) is 0.250. The zero-order valence-corrected chi connectivity index (χ0v) is 18.2. The molecule has 0 radical (unpaired) electrons. The average Bonchev–Trinajstić information content (AvgIpc) is 3.53. The van der Waals surface area contributed by atoms with Crippen molar-refractivity contribution in [2.45, 2.75) is 31.3 Å². The van der Waals surface area contributed by atoms with Gasteiger partial charge in [0.1, 0.15) is 11.9 Å². The van der Waals surface area contributed by atoms with Crippen molar-refractivity contribution in [2.75, 3.05) is 5.32 Å². The molecule has 1 aliphatic rings. The van der Waals surface area contributed by atoms with Gasteiger partial charge < -0.3 is 9.88 Å². The number of carbonyl (C=O) groups is 1. The molecule has 158 valence electrons. The molecule has 0 saturated carbocycles. The highest BCUT2D eigenvalue weighted by atomic mass is 32.1. The van der Waals surface area contributed by atoms with Gasteiger partial charge >= 0.3 is 0 Å². The lowest BCUT2D eigenvalue weighted by Crippen LogP contribution is -2.39. The molecule has 3 heterocycles. The summed E-state index contributed by atoms with van der Waals surface area (Å²) in [5, 5.41) is 5.12. The van der Waals surface area contributed by atoms with E-state index in [4.69, 9.17) is 4.98 Å². The third-order valence-corrected chi connectivity index (χ3v) is 6.80. The SMILES string of the molecule is Cn1c(CCc2cccc(NC(=O)C3CC(c4cccs4)NN3)c2)nc2ccccc21. The van der Waals surface area contributed by atoms with E-state index in [1.165, 1.54) is 10.4 Å². The third-order valence-electron chi connectivity index (χ3n) is 5.82. The number of thiophene rings is 1. The number of para-hydroxylation sites is 2. The number of hydrogen-bond acceptors (Lipinski definition) is 5. The Labute approximate surface area is 185 Å². The van der Waals surface area contributed by atoms with Crippen LogP contribution in [-0.4, -0.2) is 21.5 Å². The standard InChI is InChI=1S/C24H25N5OS/c1-29-21-9-3-2-8-18(21)26-23(29)12-11-16-6-4-7-17(14-16)25-24(30)20-15-19(27-28-20)22-10-5-13-31-22/h2-10,13-14,19-20,27-28H,11-12,15H2,1H3,(H,25,30). The van der Waals surface area contributed by atoms with Crippen LogP contribution in [0, 0.1) is 0 Å². The van der Waals surface area contributed by atoms with Crippen LogP contribution in [0.1, 0.15) is 28.7 Å². The molecule has 2 atom stereocenters. The second-order valence-electron chi connectivity index (χ2n) is 7.91. The first kappa shape index (κ1) is 19.9. The lowest BCUT2D eigenvalue weighted by atomic mass is 10.1. The highest BCUT2D eigenvalue weighted by Crippen LogP contribution is 2.26. The fourth-order valence-electron chi connectivity index (χ4n) is 4.11. The van der Waals surface area contributed by atoms with Crippen LogP contribution in [0.4, 0.5) is 5.69 Å². The van der Waals surface area contributed by atoms with Gasteiger partial charge in [0.2, 0.25) is 5.91 Å². The van der Waals surface area contributed by atoms with Crippen LogP contribution in [-0.2, 0) is 24.7 Å². The van der Waals surface area contributed by atoms with Gasteiger partial charge in [0, 0.05) is 24.0 Å². The van der Waals surface area contributed by atoms with E-state index >= 15 is 0 Å². The number of amides is 1. The molecule has 4 aromatic rings. The minimum absolute atomic E-state index is 0.0148. The Hall–Kier alpha value is -3.00. The zero-order valence-electron chi connectivity index (χ0n) is 17.3. The van der Waals surface area contributed by atoms with Crippen molar-refractivity contribution in [3.8, 4) is 0 Å². The van der Waals surface area contributed by atoms with E-state index in [0.717, 1.165) is 41.8 Å². The number of imidazole rings is 1. The number of aromatic nitrogens is 2. The van der Waals surface area contributed by atoms with E-state index in [2.05, 4.69) is 57.4 Å². The molecular weight excluding hydrogens is 406 g/mol. The molecule has 0 aliphatic carbocycles. The number of rotatable bonds is 6. The molecule has 1 amide bonds. The number of anilines is 1. The van der Waals surface area contributed by atoms with Gasteiger partial charge in [-0.3, -0.25) is 4.79 Å². The normalized spacial score (nSPS) is 18.5. The second-order valence-corrected chi connectivity index (χ2v) is 8.89. The summed E-state index contributed by atoms with van der Waals surface area (Å²) in [5.74, 6) is 1.05. The van der Waals surface area contributed by atoms with Crippen LogP contribution < -0.4 is 16.2 Å². The van der Waals surface area contributed by atoms with Crippen molar-refractivity contribution in [1.29, 1.82) is 0 Å². The van der Waals surface area contributed by atoms with Crippen LogP contribution in [0.25, 0.3) is 11.0 Å². The first-order valence-corrected chi connectivity index (χ1v) is 11.4. The van der Waals surface area contributed by atoms with Crippen molar-refractivity contribution in [3.63, 3.8) is 0 Å². The minimum atomic E-state index is -0.254. The monoisotopic (exact) mass is 431 g/mol. The van der Waals surface area contributed by atoms with Gasteiger partial charge in [0.15, 0.2) is 0 Å². The largest absolute Gasteiger partial charge is 0.331 e. The maximum absolute atomic E-state index is 12.7. The molecule has 0 bridgehead atoms. The molecule has 1 fully saturated rings. The molecule has 2 unspecified atom stereocenters. The highest BCUT2D eigenvalue weighted by Gasteiger charge is 2.30. The molecule has 5 rings (SSSR count). The van der Waals surface area contributed by atoms with E-state index in [0.29, 0.717) is 0 Å². The highest BCUT2D eigenvalue weighted by molar-refractivity contribution is 7.10. The minimum Gasteiger partial charge on any atom is -0.331 e. The maximum Gasteiger partial charge on any atom is 0.242 e. The Kier molecular flexibility index (Phi) is 5.55. The van der Waals surface area contributed by atoms with E-state index in [1.54, 1.807) is 11.3 Å². The molecule has 1 saturated heterocycles. The molecule has 0 spiro atoms. The van der Waals surface area contributed by atoms with Gasteiger partial charge in [0.05, 0.1) is 17.1 Å². The molecular formula is C24H25N5OS. The van der Waals surface area contributed by atoms with Crippen LogP contribution in [0.2, 0.25) is 0 Å². The predicted octanol–water partition coefficient (Wildman–Crippen LogP) is 3.97. The predicted molar refractivity (Wildman–Crippen MR) is 125 cm³/mol. The Balaban J connectivity index is 1.21. The Morgan fingerprint density at radius 3 is 2.87 bits per heavy atom. The summed E-state index contributed by atoms with van der Waals surface area (Å²) in [7, 11) is 2.06. The maximum atomic E-state index is 12.7. The number of nitrogens with one attached hydrogen (secondary N) is 3. The van der Waals surface area contributed by atoms with Gasteiger partial charge in [-0.2, -0.15) is 0 Å². The Morgan fingerprint density at radius 2 is 2.03 bits per heavy atom. The van der Waals surface area contributed by atoms with E-state index in [1.807, 2.05) is 36.4 Å². The number of fused-ring (bicyclic) bond motifs is 1. The summed E-state index contributed by atoms with van der Waals surface area (Å²) in [6, 6.07) is 20.3. The molecule has 2 aromatic heterocycles. The molecule has 31 heavy (non-hydrogen) atoms. The van der Waals surface area contributed by atoms with Crippen LogP contribution in [0.5, 0.6) is 0 Å². The van der Waals surface area contributed by atoms with Gasteiger partial charge in [-0.05, 0) is 54.1 Å². The van der Waals surface area contributed by atoms with Crippen molar-refractivity contribution in [1.82, 2.24) is 20.4 Å². The summed E-state index contributed by atoms with van der Waals surface area (Å²) in [6.07, 6.45) is 2.45. The number of carbonyl (C=O) groups excluding carboxylic acids is 1. The second kappa shape index (κ2) is 8.63. The number of benzene rings is 2. The topological polar surface area (TPSA) is 71.0 Å². The zero-order chi connectivity index (χ0) is 21.2. The van der Waals surface area contributed by atoms with Crippen molar-refractivity contribution in [2.24, 2.45) is 7.05 Å². The van der Waals surface area contributed by atoms with Crippen LogP contribution in [0.3, 0.4) is 0 Å². The number of aryl methyl sites for hydroxylation is 3. The van der Waals surface area contributed by atoms with Gasteiger partial charge in [0.25, 0.3) is 0 Å². The summed E-state index contributed by atoms with van der Waals surface area (Å²) in [5.41, 5.74) is 10.5. The molecule has 6 nitrogen and oxygen atoms in total. The Bertz CT molecular complexity index is 1200.